The third-order valence-electron chi connectivity index (χ3n) is 3.98. The molecular formula is C14H19BrFN. The van der Waals surface area contributed by atoms with Crippen molar-refractivity contribution in [3.8, 4) is 0 Å². The molecule has 2 N–H and O–H groups in total. The molecule has 1 aromatic carbocycles. The van der Waals surface area contributed by atoms with Crippen molar-refractivity contribution >= 4 is 15.9 Å². The quantitative estimate of drug-likeness (QED) is 0.900. The number of hydrogen-bond donors (Lipinski definition) is 1. The van der Waals surface area contributed by atoms with Crippen molar-refractivity contribution in [3.63, 3.8) is 0 Å². The van der Waals surface area contributed by atoms with Crippen LogP contribution in [-0.4, -0.2) is 6.54 Å². The van der Waals surface area contributed by atoms with Crippen molar-refractivity contribution in [2.24, 2.45) is 17.1 Å². The first-order chi connectivity index (χ1) is 8.06. The van der Waals surface area contributed by atoms with Crippen LogP contribution in [-0.2, 0) is 6.42 Å². The second kappa shape index (κ2) is 5.07. The molecule has 0 aromatic heterocycles. The summed E-state index contributed by atoms with van der Waals surface area (Å²) in [5.41, 5.74) is 7.18. The molecule has 1 aliphatic rings. The minimum Gasteiger partial charge on any atom is -0.330 e. The van der Waals surface area contributed by atoms with Crippen LogP contribution >= 0.6 is 15.9 Å². The third-order valence-corrected chi connectivity index (χ3v) is 4.87. The van der Waals surface area contributed by atoms with Gasteiger partial charge in [0.1, 0.15) is 5.82 Å². The normalized spacial score (nSPS) is 28.6. The highest BCUT2D eigenvalue weighted by Gasteiger charge is 2.36. The van der Waals surface area contributed by atoms with E-state index < -0.39 is 0 Å². The van der Waals surface area contributed by atoms with Crippen LogP contribution < -0.4 is 5.73 Å². The largest absolute Gasteiger partial charge is 0.330 e. The summed E-state index contributed by atoms with van der Waals surface area (Å²) in [5, 5.41) is 0. The van der Waals surface area contributed by atoms with Gasteiger partial charge in [0.05, 0.1) is 4.47 Å². The maximum atomic E-state index is 13.5. The highest BCUT2D eigenvalue weighted by molar-refractivity contribution is 9.10. The van der Waals surface area contributed by atoms with E-state index in [2.05, 4.69) is 22.9 Å². The molecule has 0 radical (unpaired) electrons. The lowest BCUT2D eigenvalue weighted by atomic mass is 9.79. The van der Waals surface area contributed by atoms with Gasteiger partial charge in [-0.05, 0) is 64.7 Å². The monoisotopic (exact) mass is 299 g/mol. The Labute approximate surface area is 111 Å². The van der Waals surface area contributed by atoms with Crippen molar-refractivity contribution in [1.29, 1.82) is 0 Å². The van der Waals surface area contributed by atoms with Crippen LogP contribution in [0.1, 0.15) is 31.7 Å². The summed E-state index contributed by atoms with van der Waals surface area (Å²) in [6.07, 6.45) is 4.44. The summed E-state index contributed by atoms with van der Waals surface area (Å²) >= 11 is 3.34. The van der Waals surface area contributed by atoms with Gasteiger partial charge in [-0.3, -0.25) is 0 Å². The van der Waals surface area contributed by atoms with Gasteiger partial charge >= 0.3 is 0 Å². The van der Waals surface area contributed by atoms with Gasteiger partial charge in [0, 0.05) is 0 Å². The fourth-order valence-corrected chi connectivity index (χ4v) is 3.41. The zero-order valence-corrected chi connectivity index (χ0v) is 11.8. The number of benzene rings is 1. The molecule has 0 amide bonds. The van der Waals surface area contributed by atoms with Crippen molar-refractivity contribution < 1.29 is 4.39 Å². The van der Waals surface area contributed by atoms with E-state index in [0.29, 0.717) is 11.0 Å². The first-order valence-electron chi connectivity index (χ1n) is 6.19. The molecule has 1 fully saturated rings. The molecule has 0 aliphatic heterocycles. The highest BCUT2D eigenvalue weighted by Crippen LogP contribution is 2.44. The molecule has 2 rings (SSSR count). The van der Waals surface area contributed by atoms with E-state index in [9.17, 15) is 4.39 Å². The molecule has 2 unspecified atom stereocenters. The molecule has 1 aliphatic carbocycles. The van der Waals surface area contributed by atoms with Gasteiger partial charge in [0.2, 0.25) is 0 Å². The predicted octanol–water partition coefficient (Wildman–Crippen LogP) is 3.90. The second-order valence-electron chi connectivity index (χ2n) is 5.44. The van der Waals surface area contributed by atoms with Crippen LogP contribution in [0.2, 0.25) is 0 Å². The number of halogens is 2. The molecule has 1 nitrogen and oxygen atoms in total. The van der Waals surface area contributed by atoms with Crippen molar-refractivity contribution in [2.45, 2.75) is 32.6 Å². The zero-order valence-electron chi connectivity index (χ0n) is 10.2. The molecule has 0 spiro atoms. The molecule has 0 bridgehead atoms. The van der Waals surface area contributed by atoms with Crippen LogP contribution in [0.4, 0.5) is 4.39 Å². The summed E-state index contributed by atoms with van der Waals surface area (Å²) in [7, 11) is 0. The SMILES string of the molecule is CC1CCC(CN)(Cc2cccc(F)c2Br)C1. The van der Waals surface area contributed by atoms with Gasteiger partial charge < -0.3 is 5.73 Å². The van der Waals surface area contributed by atoms with Crippen LogP contribution in [0.15, 0.2) is 22.7 Å². The fourth-order valence-electron chi connectivity index (χ4n) is 3.00. The average molecular weight is 300 g/mol. The van der Waals surface area contributed by atoms with E-state index in [1.165, 1.54) is 12.5 Å². The molecule has 2 atom stereocenters. The molecule has 3 heteroatoms. The van der Waals surface area contributed by atoms with E-state index in [4.69, 9.17) is 5.73 Å². The molecule has 1 saturated carbocycles. The smallest absolute Gasteiger partial charge is 0.137 e. The summed E-state index contributed by atoms with van der Waals surface area (Å²) in [6, 6.07) is 5.26. The molecule has 0 heterocycles. The van der Waals surface area contributed by atoms with E-state index in [1.54, 1.807) is 6.07 Å². The van der Waals surface area contributed by atoms with Crippen LogP contribution in [0.3, 0.4) is 0 Å². The Morgan fingerprint density at radius 1 is 1.53 bits per heavy atom. The lowest BCUT2D eigenvalue weighted by Gasteiger charge is -2.28. The first-order valence-corrected chi connectivity index (χ1v) is 6.98. The van der Waals surface area contributed by atoms with Gasteiger partial charge in [-0.15, -0.1) is 0 Å². The molecule has 1 aromatic rings. The van der Waals surface area contributed by atoms with Crippen molar-refractivity contribution in [2.75, 3.05) is 6.54 Å². The fraction of sp³-hybridized carbons (Fsp3) is 0.571. The number of hydrogen-bond acceptors (Lipinski definition) is 1. The summed E-state index contributed by atoms with van der Waals surface area (Å²) < 4.78 is 14.1. The summed E-state index contributed by atoms with van der Waals surface area (Å²) in [5.74, 6) is 0.562. The van der Waals surface area contributed by atoms with Gasteiger partial charge in [-0.2, -0.15) is 0 Å². The standard InChI is InChI=1S/C14H19BrFN/c1-10-5-6-14(7-10,9-17)8-11-3-2-4-12(16)13(11)15/h2-4,10H,5-9,17H2,1H3. The Hall–Kier alpha value is -0.410. The highest BCUT2D eigenvalue weighted by atomic mass is 79.9. The molecule has 17 heavy (non-hydrogen) atoms. The maximum absolute atomic E-state index is 13.5. The topological polar surface area (TPSA) is 26.0 Å². The Bertz CT molecular complexity index is 407. The van der Waals surface area contributed by atoms with Crippen LogP contribution in [0, 0.1) is 17.2 Å². The Morgan fingerprint density at radius 3 is 2.88 bits per heavy atom. The van der Waals surface area contributed by atoms with E-state index >= 15 is 0 Å². The lowest BCUT2D eigenvalue weighted by molar-refractivity contribution is 0.295. The summed E-state index contributed by atoms with van der Waals surface area (Å²) in [4.78, 5) is 0. The molecule has 94 valence electrons. The Morgan fingerprint density at radius 2 is 2.29 bits per heavy atom. The van der Waals surface area contributed by atoms with Gasteiger partial charge in [0.25, 0.3) is 0 Å². The molecular weight excluding hydrogens is 281 g/mol. The van der Waals surface area contributed by atoms with E-state index in [-0.39, 0.29) is 11.2 Å². The van der Waals surface area contributed by atoms with Gasteiger partial charge in [-0.1, -0.05) is 25.5 Å². The number of nitrogens with two attached hydrogens (primary N) is 1. The Kier molecular flexibility index (Phi) is 3.88. The number of rotatable bonds is 3. The van der Waals surface area contributed by atoms with Crippen molar-refractivity contribution in [1.82, 2.24) is 0 Å². The third kappa shape index (κ3) is 2.71. The van der Waals surface area contributed by atoms with Crippen LogP contribution in [0.25, 0.3) is 0 Å². The van der Waals surface area contributed by atoms with Gasteiger partial charge in [-0.25, -0.2) is 4.39 Å². The lowest BCUT2D eigenvalue weighted by Crippen LogP contribution is -2.30. The second-order valence-corrected chi connectivity index (χ2v) is 6.23. The van der Waals surface area contributed by atoms with Crippen molar-refractivity contribution in [3.05, 3.63) is 34.1 Å². The first kappa shape index (κ1) is 13.0. The predicted molar refractivity (Wildman–Crippen MR) is 72.3 cm³/mol. The zero-order chi connectivity index (χ0) is 12.5. The molecule has 0 saturated heterocycles. The average Bonchev–Trinajstić information content (AvgIpc) is 2.68. The van der Waals surface area contributed by atoms with E-state index in [0.717, 1.165) is 30.7 Å². The van der Waals surface area contributed by atoms with Crippen LogP contribution in [0.5, 0.6) is 0 Å². The van der Waals surface area contributed by atoms with Gasteiger partial charge in [0.15, 0.2) is 0 Å². The Balaban J connectivity index is 2.22. The summed E-state index contributed by atoms with van der Waals surface area (Å²) in [6.45, 7) is 2.97. The minimum absolute atomic E-state index is 0.176. The maximum Gasteiger partial charge on any atom is 0.137 e. The minimum atomic E-state index is -0.180. The van der Waals surface area contributed by atoms with E-state index in [1.807, 2.05) is 6.07 Å².